The van der Waals surface area contributed by atoms with Crippen molar-refractivity contribution in [3.63, 3.8) is 0 Å². The van der Waals surface area contributed by atoms with Crippen LogP contribution in [0.2, 0.25) is 0 Å². The van der Waals surface area contributed by atoms with Crippen molar-refractivity contribution >= 4 is 21.9 Å². The lowest BCUT2D eigenvalue weighted by Gasteiger charge is -2.23. The zero-order valence-corrected chi connectivity index (χ0v) is 10.7. The van der Waals surface area contributed by atoms with Crippen LogP contribution in [-0.2, 0) is 0 Å². The molecular weight excluding hydrogens is 256 g/mol. The van der Waals surface area contributed by atoms with Crippen LogP contribution in [0.4, 0.5) is 0 Å². The molecule has 2 heterocycles. The maximum Gasteiger partial charge on any atom is 0.351 e. The van der Waals surface area contributed by atoms with Gasteiger partial charge in [-0.1, -0.05) is 18.6 Å². The van der Waals surface area contributed by atoms with E-state index in [0.717, 1.165) is 19.3 Å². The fraction of sp³-hybridized carbons (Fsp3) is 0.250. The first-order chi connectivity index (χ1) is 9.74. The maximum absolute atomic E-state index is 12.4. The molecule has 1 aliphatic carbocycles. The SMILES string of the molecule is O=c1oc(C2CCC2)cc2oc3ccccc3c(=O)c12. The largest absolute Gasteiger partial charge is 0.455 e. The average Bonchev–Trinajstić information content (AvgIpc) is 2.36. The Bertz CT molecular complexity index is 928. The van der Waals surface area contributed by atoms with Gasteiger partial charge >= 0.3 is 5.63 Å². The van der Waals surface area contributed by atoms with E-state index in [1.165, 1.54) is 0 Å². The second-order valence-electron chi connectivity index (χ2n) is 5.23. The van der Waals surface area contributed by atoms with Gasteiger partial charge < -0.3 is 8.83 Å². The Morgan fingerprint density at radius 3 is 2.55 bits per heavy atom. The van der Waals surface area contributed by atoms with E-state index < -0.39 is 5.63 Å². The van der Waals surface area contributed by atoms with E-state index in [1.54, 1.807) is 30.3 Å². The highest BCUT2D eigenvalue weighted by atomic mass is 16.4. The smallest absolute Gasteiger partial charge is 0.351 e. The van der Waals surface area contributed by atoms with Gasteiger partial charge in [0.2, 0.25) is 5.43 Å². The van der Waals surface area contributed by atoms with Crippen LogP contribution in [0, 0.1) is 0 Å². The van der Waals surface area contributed by atoms with Gasteiger partial charge in [-0.05, 0) is 25.0 Å². The zero-order valence-electron chi connectivity index (χ0n) is 10.7. The van der Waals surface area contributed by atoms with Crippen LogP contribution in [0.5, 0.6) is 0 Å². The minimum absolute atomic E-state index is 0.00627. The first kappa shape index (κ1) is 11.5. The molecule has 0 atom stereocenters. The van der Waals surface area contributed by atoms with Crippen LogP contribution in [0.1, 0.15) is 30.9 Å². The molecule has 1 aliphatic rings. The lowest BCUT2D eigenvalue weighted by molar-refractivity contribution is 0.330. The molecule has 0 bridgehead atoms. The van der Waals surface area contributed by atoms with Crippen molar-refractivity contribution in [2.45, 2.75) is 25.2 Å². The summed E-state index contributed by atoms with van der Waals surface area (Å²) in [5.74, 6) is 0.913. The summed E-state index contributed by atoms with van der Waals surface area (Å²) in [6, 6.07) is 8.63. The Hall–Kier alpha value is -2.36. The van der Waals surface area contributed by atoms with E-state index in [9.17, 15) is 9.59 Å². The number of para-hydroxylation sites is 1. The van der Waals surface area contributed by atoms with Crippen molar-refractivity contribution in [1.82, 2.24) is 0 Å². The third-order valence-corrected chi connectivity index (χ3v) is 4.02. The molecule has 0 N–H and O–H groups in total. The van der Waals surface area contributed by atoms with E-state index in [4.69, 9.17) is 8.83 Å². The van der Waals surface area contributed by atoms with Crippen LogP contribution in [0.25, 0.3) is 21.9 Å². The van der Waals surface area contributed by atoms with Gasteiger partial charge in [0.15, 0.2) is 5.39 Å². The van der Waals surface area contributed by atoms with Gasteiger partial charge in [-0.2, -0.15) is 0 Å². The minimum atomic E-state index is -0.594. The molecule has 0 radical (unpaired) electrons. The van der Waals surface area contributed by atoms with Gasteiger partial charge in [-0.3, -0.25) is 4.79 Å². The summed E-state index contributed by atoms with van der Waals surface area (Å²) in [4.78, 5) is 24.4. The highest BCUT2D eigenvalue weighted by molar-refractivity contribution is 5.88. The summed E-state index contributed by atoms with van der Waals surface area (Å²) in [5, 5.41) is 0.412. The topological polar surface area (TPSA) is 60.4 Å². The third-order valence-electron chi connectivity index (χ3n) is 4.02. The number of rotatable bonds is 1. The molecule has 1 fully saturated rings. The third kappa shape index (κ3) is 1.54. The molecule has 20 heavy (non-hydrogen) atoms. The van der Waals surface area contributed by atoms with Crippen LogP contribution < -0.4 is 11.1 Å². The predicted molar refractivity (Wildman–Crippen MR) is 75.1 cm³/mol. The Balaban J connectivity index is 2.12. The molecule has 3 aromatic rings. The van der Waals surface area contributed by atoms with E-state index in [0.29, 0.717) is 22.3 Å². The summed E-state index contributed by atoms with van der Waals surface area (Å²) in [5.41, 5.74) is -0.0957. The van der Waals surface area contributed by atoms with Gasteiger partial charge in [-0.25, -0.2) is 4.79 Å². The van der Waals surface area contributed by atoms with E-state index in [2.05, 4.69) is 0 Å². The second kappa shape index (κ2) is 4.07. The number of benzene rings is 1. The Kier molecular flexibility index (Phi) is 2.33. The standard InChI is InChI=1S/C16H12O4/c17-15-10-6-1-2-7-11(10)19-13-8-12(9-4-3-5-9)20-16(18)14(13)15/h1-2,6-9H,3-5H2. The molecule has 0 unspecified atom stereocenters. The Morgan fingerprint density at radius 1 is 1.00 bits per heavy atom. The van der Waals surface area contributed by atoms with E-state index >= 15 is 0 Å². The van der Waals surface area contributed by atoms with Crippen LogP contribution in [0.15, 0.2) is 48.8 Å². The fourth-order valence-corrected chi connectivity index (χ4v) is 2.66. The first-order valence-electron chi connectivity index (χ1n) is 6.73. The fourth-order valence-electron chi connectivity index (χ4n) is 2.66. The lowest BCUT2D eigenvalue weighted by atomic mass is 9.83. The molecule has 4 rings (SSSR count). The quantitative estimate of drug-likeness (QED) is 0.636. The van der Waals surface area contributed by atoms with Gasteiger partial charge in [0, 0.05) is 12.0 Å². The van der Waals surface area contributed by atoms with Gasteiger partial charge in [0.1, 0.15) is 16.9 Å². The Labute approximate surface area is 113 Å². The molecule has 0 aliphatic heterocycles. The molecule has 1 aromatic carbocycles. The van der Waals surface area contributed by atoms with Crippen LogP contribution in [-0.4, -0.2) is 0 Å². The molecule has 4 nitrogen and oxygen atoms in total. The summed E-state index contributed by atoms with van der Waals surface area (Å²) in [6.07, 6.45) is 3.19. The number of hydrogen-bond acceptors (Lipinski definition) is 4. The van der Waals surface area contributed by atoms with Gasteiger partial charge in [-0.15, -0.1) is 0 Å². The van der Waals surface area contributed by atoms with Crippen molar-refractivity contribution in [2.24, 2.45) is 0 Å². The molecule has 100 valence electrons. The molecule has 4 heteroatoms. The summed E-state index contributed by atoms with van der Waals surface area (Å²) >= 11 is 0. The van der Waals surface area contributed by atoms with E-state index in [-0.39, 0.29) is 16.7 Å². The lowest BCUT2D eigenvalue weighted by Crippen LogP contribution is -2.16. The highest BCUT2D eigenvalue weighted by Gasteiger charge is 2.24. The molecule has 1 saturated carbocycles. The molecule has 0 saturated heterocycles. The minimum Gasteiger partial charge on any atom is -0.455 e. The van der Waals surface area contributed by atoms with Gasteiger partial charge in [0.25, 0.3) is 0 Å². The predicted octanol–water partition coefficient (Wildman–Crippen LogP) is 3.17. The maximum atomic E-state index is 12.4. The average molecular weight is 268 g/mol. The number of hydrogen-bond donors (Lipinski definition) is 0. The molecule has 0 spiro atoms. The normalized spacial score (nSPS) is 15.6. The summed E-state index contributed by atoms with van der Waals surface area (Å²) < 4.78 is 11.0. The zero-order chi connectivity index (χ0) is 13.7. The van der Waals surface area contributed by atoms with Crippen molar-refractivity contribution in [3.05, 3.63) is 56.7 Å². The number of fused-ring (bicyclic) bond motifs is 2. The van der Waals surface area contributed by atoms with Crippen molar-refractivity contribution in [3.8, 4) is 0 Å². The summed E-state index contributed by atoms with van der Waals surface area (Å²) in [7, 11) is 0. The van der Waals surface area contributed by atoms with Crippen molar-refractivity contribution < 1.29 is 8.83 Å². The second-order valence-corrected chi connectivity index (χ2v) is 5.23. The van der Waals surface area contributed by atoms with Gasteiger partial charge in [0.05, 0.1) is 5.39 Å². The summed E-state index contributed by atoms with van der Waals surface area (Å²) in [6.45, 7) is 0. The van der Waals surface area contributed by atoms with E-state index in [1.807, 2.05) is 0 Å². The van der Waals surface area contributed by atoms with Crippen molar-refractivity contribution in [2.75, 3.05) is 0 Å². The molecule has 2 aromatic heterocycles. The Morgan fingerprint density at radius 2 is 1.80 bits per heavy atom. The van der Waals surface area contributed by atoms with Crippen LogP contribution >= 0.6 is 0 Å². The van der Waals surface area contributed by atoms with Crippen LogP contribution in [0.3, 0.4) is 0 Å². The highest BCUT2D eigenvalue weighted by Crippen LogP contribution is 2.36. The van der Waals surface area contributed by atoms with Crippen molar-refractivity contribution in [1.29, 1.82) is 0 Å². The molecular formula is C16H12O4. The monoisotopic (exact) mass is 268 g/mol. The first-order valence-corrected chi connectivity index (χ1v) is 6.73. The molecule has 0 amide bonds.